The van der Waals surface area contributed by atoms with E-state index in [0.29, 0.717) is 11.4 Å². The van der Waals surface area contributed by atoms with Gasteiger partial charge in [0, 0.05) is 37.7 Å². The molecule has 6 heteroatoms. The lowest BCUT2D eigenvalue weighted by Gasteiger charge is -2.13. The van der Waals surface area contributed by atoms with E-state index in [1.54, 1.807) is 12.4 Å². The van der Waals surface area contributed by atoms with Crippen molar-refractivity contribution in [3.63, 3.8) is 0 Å². The molecule has 0 N–H and O–H groups in total. The van der Waals surface area contributed by atoms with Crippen LogP contribution < -0.4 is 9.64 Å². The van der Waals surface area contributed by atoms with Crippen LogP contribution in [-0.4, -0.2) is 35.0 Å². The zero-order valence-corrected chi connectivity index (χ0v) is 13.3. The highest BCUT2D eigenvalue weighted by Gasteiger charge is 2.10. The minimum absolute atomic E-state index is 0.238. The number of fused-ring (bicyclic) bond motifs is 1. The Bertz CT molecular complexity index is 790. The molecule has 0 saturated carbocycles. The van der Waals surface area contributed by atoms with Gasteiger partial charge in [0.15, 0.2) is 5.52 Å². The Hall–Kier alpha value is -2.34. The van der Waals surface area contributed by atoms with E-state index in [1.807, 2.05) is 32.3 Å². The lowest BCUT2D eigenvalue weighted by atomic mass is 10.1. The van der Waals surface area contributed by atoms with E-state index in [2.05, 4.69) is 44.6 Å². The average molecular weight is 312 g/mol. The lowest BCUT2D eigenvalue weighted by Crippen LogP contribution is -2.08. The van der Waals surface area contributed by atoms with E-state index in [0.717, 1.165) is 22.5 Å². The first kappa shape index (κ1) is 14.6. The largest absolute Gasteiger partial charge is 0.465 e. The fourth-order valence-electron chi connectivity index (χ4n) is 2.18. The number of hydrogen-bond donors (Lipinski definition) is 1. The molecule has 0 aliphatic rings. The number of ether oxygens (including phenoxy) is 1. The first-order chi connectivity index (χ1) is 10.7. The molecule has 5 nitrogen and oxygen atoms in total. The Morgan fingerprint density at radius 2 is 1.82 bits per heavy atom. The average Bonchev–Trinajstić information content (AvgIpc) is 2.55. The van der Waals surface area contributed by atoms with Gasteiger partial charge in [-0.2, -0.15) is 0 Å². The second-order valence-corrected chi connectivity index (χ2v) is 5.21. The van der Waals surface area contributed by atoms with Crippen molar-refractivity contribution in [3.05, 3.63) is 42.7 Å². The van der Waals surface area contributed by atoms with Gasteiger partial charge in [0.05, 0.1) is 11.2 Å². The standard InChI is InChI=1S/C16H16N4OS/c1-20(2)12-5-3-11(4-6-12)13-9-14-15(18-8-7-17-14)16(19-13)21-10-22/h3-9,22H,10H2,1-2H3. The van der Waals surface area contributed by atoms with Crippen molar-refractivity contribution in [2.24, 2.45) is 0 Å². The molecular weight excluding hydrogens is 296 g/mol. The van der Waals surface area contributed by atoms with Crippen LogP contribution in [0.3, 0.4) is 0 Å². The predicted octanol–water partition coefficient (Wildman–Crippen LogP) is 3.02. The molecule has 0 radical (unpaired) electrons. The molecule has 0 amide bonds. The molecule has 0 aliphatic carbocycles. The van der Waals surface area contributed by atoms with Gasteiger partial charge in [0.1, 0.15) is 5.94 Å². The van der Waals surface area contributed by atoms with Crippen LogP contribution in [0.4, 0.5) is 5.69 Å². The summed E-state index contributed by atoms with van der Waals surface area (Å²) in [4.78, 5) is 15.2. The molecule has 112 valence electrons. The van der Waals surface area contributed by atoms with Crippen molar-refractivity contribution in [2.75, 3.05) is 24.9 Å². The highest BCUT2D eigenvalue weighted by atomic mass is 32.1. The Balaban J connectivity index is 2.10. The maximum absolute atomic E-state index is 5.49. The van der Waals surface area contributed by atoms with E-state index >= 15 is 0 Å². The Labute approximate surface area is 134 Å². The Kier molecular flexibility index (Phi) is 4.11. The van der Waals surface area contributed by atoms with E-state index in [4.69, 9.17) is 4.74 Å². The SMILES string of the molecule is CN(C)c1ccc(-c2cc3nccnc3c(OCS)n2)cc1. The van der Waals surface area contributed by atoms with Crippen LogP contribution in [0, 0.1) is 0 Å². The number of thiol groups is 1. The lowest BCUT2D eigenvalue weighted by molar-refractivity contribution is 0.383. The maximum atomic E-state index is 5.49. The zero-order valence-electron chi connectivity index (χ0n) is 12.4. The number of anilines is 1. The molecule has 0 fully saturated rings. The summed E-state index contributed by atoms with van der Waals surface area (Å²) in [6, 6.07) is 10.1. The smallest absolute Gasteiger partial charge is 0.243 e. The molecular formula is C16H16N4OS. The number of rotatable bonds is 4. The van der Waals surface area contributed by atoms with Gasteiger partial charge in [-0.15, -0.1) is 12.6 Å². The summed E-state index contributed by atoms with van der Waals surface area (Å²) in [5.41, 5.74) is 4.33. The van der Waals surface area contributed by atoms with E-state index in [1.165, 1.54) is 0 Å². The molecule has 0 bridgehead atoms. The molecule has 0 unspecified atom stereocenters. The van der Waals surface area contributed by atoms with E-state index in [-0.39, 0.29) is 5.94 Å². The van der Waals surface area contributed by atoms with Gasteiger partial charge in [0.25, 0.3) is 0 Å². The molecule has 0 saturated heterocycles. The summed E-state index contributed by atoms with van der Waals surface area (Å²) in [7, 11) is 4.02. The molecule has 22 heavy (non-hydrogen) atoms. The van der Waals surface area contributed by atoms with Crippen LogP contribution in [-0.2, 0) is 0 Å². The molecule has 0 atom stereocenters. The molecule has 0 aliphatic heterocycles. The molecule has 1 aromatic carbocycles. The second-order valence-electron chi connectivity index (χ2n) is 4.95. The van der Waals surface area contributed by atoms with Gasteiger partial charge < -0.3 is 9.64 Å². The number of benzene rings is 1. The number of hydrogen-bond acceptors (Lipinski definition) is 6. The molecule has 2 aromatic heterocycles. The summed E-state index contributed by atoms with van der Waals surface area (Å²) in [6.45, 7) is 0. The van der Waals surface area contributed by atoms with Gasteiger partial charge in [-0.25, -0.2) is 9.97 Å². The van der Waals surface area contributed by atoms with Crippen molar-refractivity contribution >= 4 is 29.3 Å². The fourth-order valence-corrected chi connectivity index (χ4v) is 2.31. The van der Waals surface area contributed by atoms with Crippen molar-refractivity contribution in [2.45, 2.75) is 0 Å². The summed E-state index contributed by atoms with van der Waals surface area (Å²) < 4.78 is 5.49. The Morgan fingerprint density at radius 3 is 2.50 bits per heavy atom. The number of nitrogens with zero attached hydrogens (tertiary/aromatic N) is 4. The van der Waals surface area contributed by atoms with E-state index in [9.17, 15) is 0 Å². The zero-order chi connectivity index (χ0) is 15.5. The summed E-state index contributed by atoms with van der Waals surface area (Å²) in [6.07, 6.45) is 3.28. The van der Waals surface area contributed by atoms with Gasteiger partial charge in [-0.05, 0) is 18.2 Å². The van der Waals surface area contributed by atoms with Crippen molar-refractivity contribution in [1.29, 1.82) is 0 Å². The summed E-state index contributed by atoms with van der Waals surface area (Å²) >= 11 is 4.10. The highest BCUT2D eigenvalue weighted by Crippen LogP contribution is 2.28. The fraction of sp³-hybridized carbons (Fsp3) is 0.188. The number of aromatic nitrogens is 3. The van der Waals surface area contributed by atoms with Gasteiger partial charge in [0.2, 0.25) is 5.88 Å². The van der Waals surface area contributed by atoms with Crippen molar-refractivity contribution in [3.8, 4) is 17.1 Å². The van der Waals surface area contributed by atoms with Gasteiger partial charge in [-0.3, -0.25) is 4.98 Å². The third-order valence-electron chi connectivity index (χ3n) is 3.31. The van der Waals surface area contributed by atoms with Crippen LogP contribution in [0.5, 0.6) is 5.88 Å². The minimum Gasteiger partial charge on any atom is -0.465 e. The molecule has 3 rings (SSSR count). The monoisotopic (exact) mass is 312 g/mol. The van der Waals surface area contributed by atoms with Crippen LogP contribution >= 0.6 is 12.6 Å². The number of pyridine rings is 1. The normalized spacial score (nSPS) is 10.7. The predicted molar refractivity (Wildman–Crippen MR) is 91.6 cm³/mol. The van der Waals surface area contributed by atoms with Gasteiger partial charge >= 0.3 is 0 Å². The topological polar surface area (TPSA) is 51.1 Å². The third kappa shape index (κ3) is 2.82. The second kappa shape index (κ2) is 6.19. The minimum atomic E-state index is 0.238. The van der Waals surface area contributed by atoms with E-state index < -0.39 is 0 Å². The Morgan fingerprint density at radius 1 is 1.09 bits per heavy atom. The summed E-state index contributed by atoms with van der Waals surface area (Å²) in [5, 5.41) is 0. The van der Waals surface area contributed by atoms with Crippen LogP contribution in [0.15, 0.2) is 42.7 Å². The van der Waals surface area contributed by atoms with Crippen molar-refractivity contribution in [1.82, 2.24) is 15.0 Å². The third-order valence-corrected chi connectivity index (χ3v) is 3.43. The van der Waals surface area contributed by atoms with Crippen LogP contribution in [0.25, 0.3) is 22.3 Å². The quantitative estimate of drug-likeness (QED) is 0.593. The first-order valence-corrected chi connectivity index (χ1v) is 7.45. The van der Waals surface area contributed by atoms with Crippen molar-refractivity contribution < 1.29 is 4.74 Å². The summed E-state index contributed by atoms with van der Waals surface area (Å²) in [5.74, 6) is 0.689. The van der Waals surface area contributed by atoms with Gasteiger partial charge in [-0.1, -0.05) is 12.1 Å². The highest BCUT2D eigenvalue weighted by molar-refractivity contribution is 7.80. The van der Waals surface area contributed by atoms with Crippen LogP contribution in [0.2, 0.25) is 0 Å². The molecule has 2 heterocycles. The molecule has 3 aromatic rings. The first-order valence-electron chi connectivity index (χ1n) is 6.82. The van der Waals surface area contributed by atoms with Crippen LogP contribution in [0.1, 0.15) is 0 Å². The molecule has 0 spiro atoms. The maximum Gasteiger partial charge on any atom is 0.243 e.